The van der Waals surface area contributed by atoms with Crippen LogP contribution in [0.25, 0.3) is 0 Å². The largest absolute Gasteiger partial charge is 0.396 e. The standard InChI is InChI=1S/C12H19NO4S2/c1-9-7-12(10(2)18-9)19(15,16)13-4-6-17-8-11(13)3-5-14/h7,11,14H,3-6,8H2,1-2H3. The fraction of sp³-hybridized carbons (Fsp3) is 0.667. The van der Waals surface area contributed by atoms with Crippen LogP contribution in [-0.2, 0) is 14.8 Å². The molecule has 1 aliphatic heterocycles. The van der Waals surface area contributed by atoms with Crippen LogP contribution in [0.4, 0.5) is 0 Å². The predicted octanol–water partition coefficient (Wildman–Crippen LogP) is 1.14. The second kappa shape index (κ2) is 5.88. The van der Waals surface area contributed by atoms with Gasteiger partial charge in [-0.3, -0.25) is 0 Å². The fourth-order valence-corrected chi connectivity index (χ4v) is 5.47. The van der Waals surface area contributed by atoms with Gasteiger partial charge in [0.25, 0.3) is 0 Å². The van der Waals surface area contributed by atoms with Gasteiger partial charge in [0.05, 0.1) is 24.2 Å². The Morgan fingerprint density at radius 3 is 2.84 bits per heavy atom. The predicted molar refractivity (Wildman–Crippen MR) is 74.0 cm³/mol. The number of aliphatic hydroxyl groups is 1. The maximum atomic E-state index is 12.7. The molecule has 2 heterocycles. The number of aliphatic hydroxyl groups excluding tert-OH is 1. The fourth-order valence-electron chi connectivity index (χ4n) is 2.32. The van der Waals surface area contributed by atoms with Crippen molar-refractivity contribution in [1.82, 2.24) is 4.31 Å². The summed E-state index contributed by atoms with van der Waals surface area (Å²) >= 11 is 1.49. The van der Waals surface area contributed by atoms with Gasteiger partial charge in [-0.05, 0) is 26.3 Å². The molecule has 7 heteroatoms. The Morgan fingerprint density at radius 2 is 2.26 bits per heavy atom. The molecule has 1 fully saturated rings. The minimum absolute atomic E-state index is 0.0400. The Labute approximate surface area is 117 Å². The van der Waals surface area contributed by atoms with Crippen LogP contribution in [0, 0.1) is 13.8 Å². The number of hydrogen-bond donors (Lipinski definition) is 1. The van der Waals surface area contributed by atoms with E-state index in [0.717, 1.165) is 9.75 Å². The summed E-state index contributed by atoms with van der Waals surface area (Å²) in [6.45, 7) is 4.79. The van der Waals surface area contributed by atoms with Crippen molar-refractivity contribution in [3.63, 3.8) is 0 Å². The summed E-state index contributed by atoms with van der Waals surface area (Å²) in [7, 11) is -3.49. The Balaban J connectivity index is 2.34. The van der Waals surface area contributed by atoms with E-state index in [1.54, 1.807) is 6.07 Å². The van der Waals surface area contributed by atoms with E-state index < -0.39 is 10.0 Å². The van der Waals surface area contributed by atoms with Crippen LogP contribution in [0.15, 0.2) is 11.0 Å². The number of rotatable bonds is 4. The van der Waals surface area contributed by atoms with Gasteiger partial charge in [-0.25, -0.2) is 8.42 Å². The van der Waals surface area contributed by atoms with Gasteiger partial charge in [0.2, 0.25) is 10.0 Å². The molecular weight excluding hydrogens is 286 g/mol. The van der Waals surface area contributed by atoms with Crippen LogP contribution in [0.1, 0.15) is 16.2 Å². The minimum Gasteiger partial charge on any atom is -0.396 e. The van der Waals surface area contributed by atoms with Crippen molar-refractivity contribution < 1.29 is 18.3 Å². The van der Waals surface area contributed by atoms with E-state index in [0.29, 0.717) is 31.1 Å². The molecule has 1 saturated heterocycles. The molecule has 0 amide bonds. The summed E-state index contributed by atoms with van der Waals surface area (Å²) in [5.41, 5.74) is 0. The monoisotopic (exact) mass is 305 g/mol. The molecule has 0 aliphatic carbocycles. The van der Waals surface area contributed by atoms with E-state index in [2.05, 4.69) is 0 Å². The SMILES string of the molecule is Cc1cc(S(=O)(=O)N2CCOCC2CCO)c(C)s1. The molecule has 19 heavy (non-hydrogen) atoms. The summed E-state index contributed by atoms with van der Waals surface area (Å²) in [5.74, 6) is 0. The van der Waals surface area contributed by atoms with Crippen LogP contribution >= 0.6 is 11.3 Å². The molecule has 1 aromatic rings. The Hall–Kier alpha value is -0.470. The molecule has 0 spiro atoms. The van der Waals surface area contributed by atoms with Crippen molar-refractivity contribution in [2.45, 2.75) is 31.2 Å². The minimum atomic E-state index is -3.49. The van der Waals surface area contributed by atoms with Gasteiger partial charge in [0, 0.05) is 22.9 Å². The lowest BCUT2D eigenvalue weighted by molar-refractivity contribution is 0.0237. The van der Waals surface area contributed by atoms with E-state index in [1.165, 1.54) is 15.6 Å². The summed E-state index contributed by atoms with van der Waals surface area (Å²) in [4.78, 5) is 2.19. The molecule has 0 aromatic carbocycles. The number of hydrogen-bond acceptors (Lipinski definition) is 5. The number of sulfonamides is 1. The lowest BCUT2D eigenvalue weighted by Crippen LogP contribution is -2.48. The molecule has 0 saturated carbocycles. The maximum Gasteiger partial charge on any atom is 0.244 e. The van der Waals surface area contributed by atoms with Gasteiger partial charge < -0.3 is 9.84 Å². The molecule has 1 atom stereocenters. The second-order valence-electron chi connectivity index (χ2n) is 4.63. The molecule has 108 valence electrons. The Kier molecular flexibility index (Phi) is 4.62. The summed E-state index contributed by atoms with van der Waals surface area (Å²) in [6, 6.07) is 1.45. The average molecular weight is 305 g/mol. The van der Waals surface area contributed by atoms with E-state index in [4.69, 9.17) is 9.84 Å². The van der Waals surface area contributed by atoms with Crippen LogP contribution in [0.2, 0.25) is 0 Å². The highest BCUT2D eigenvalue weighted by Gasteiger charge is 2.35. The average Bonchev–Trinajstić information content (AvgIpc) is 2.70. The molecule has 1 aliphatic rings. The van der Waals surface area contributed by atoms with E-state index >= 15 is 0 Å². The van der Waals surface area contributed by atoms with Crippen LogP contribution < -0.4 is 0 Å². The van der Waals surface area contributed by atoms with Gasteiger partial charge in [0.1, 0.15) is 0 Å². The molecule has 1 aromatic heterocycles. The molecule has 2 rings (SSSR count). The smallest absolute Gasteiger partial charge is 0.244 e. The maximum absolute atomic E-state index is 12.7. The first-order valence-corrected chi connectivity index (χ1v) is 8.50. The molecular formula is C12H19NO4S2. The highest BCUT2D eigenvalue weighted by molar-refractivity contribution is 7.89. The Morgan fingerprint density at radius 1 is 1.53 bits per heavy atom. The molecule has 1 unspecified atom stereocenters. The zero-order valence-electron chi connectivity index (χ0n) is 11.1. The van der Waals surface area contributed by atoms with Gasteiger partial charge in [-0.2, -0.15) is 4.31 Å². The van der Waals surface area contributed by atoms with Crippen LogP contribution in [0.3, 0.4) is 0 Å². The van der Waals surface area contributed by atoms with Gasteiger partial charge in [-0.15, -0.1) is 11.3 Å². The molecule has 5 nitrogen and oxygen atoms in total. The number of thiophene rings is 1. The zero-order valence-corrected chi connectivity index (χ0v) is 12.8. The quantitative estimate of drug-likeness (QED) is 0.906. The van der Waals surface area contributed by atoms with Crippen molar-refractivity contribution in [2.75, 3.05) is 26.4 Å². The number of morpholine rings is 1. The van der Waals surface area contributed by atoms with Crippen LogP contribution in [-0.4, -0.2) is 50.2 Å². The molecule has 0 bridgehead atoms. The first kappa shape index (κ1) is 14.9. The van der Waals surface area contributed by atoms with Crippen molar-refractivity contribution >= 4 is 21.4 Å². The van der Waals surface area contributed by atoms with E-state index in [-0.39, 0.29) is 12.6 Å². The second-order valence-corrected chi connectivity index (χ2v) is 7.95. The molecule has 0 radical (unpaired) electrons. The highest BCUT2D eigenvalue weighted by atomic mass is 32.2. The Bertz CT molecular complexity index is 536. The van der Waals surface area contributed by atoms with Crippen molar-refractivity contribution in [3.8, 4) is 0 Å². The highest BCUT2D eigenvalue weighted by Crippen LogP contribution is 2.29. The van der Waals surface area contributed by atoms with Gasteiger partial charge in [-0.1, -0.05) is 0 Å². The van der Waals surface area contributed by atoms with Crippen molar-refractivity contribution in [3.05, 3.63) is 15.8 Å². The number of ether oxygens (including phenoxy) is 1. The van der Waals surface area contributed by atoms with Gasteiger partial charge in [0.15, 0.2) is 0 Å². The van der Waals surface area contributed by atoms with Crippen molar-refractivity contribution in [1.29, 1.82) is 0 Å². The summed E-state index contributed by atoms with van der Waals surface area (Å²) in [6.07, 6.45) is 0.404. The third-order valence-electron chi connectivity index (χ3n) is 3.22. The first-order chi connectivity index (χ1) is 8.96. The summed E-state index contributed by atoms with van der Waals surface area (Å²) < 4.78 is 32.2. The third-order valence-corrected chi connectivity index (χ3v) is 6.39. The first-order valence-electron chi connectivity index (χ1n) is 6.24. The van der Waals surface area contributed by atoms with E-state index in [9.17, 15) is 8.42 Å². The van der Waals surface area contributed by atoms with Crippen LogP contribution in [0.5, 0.6) is 0 Å². The topological polar surface area (TPSA) is 66.8 Å². The van der Waals surface area contributed by atoms with Gasteiger partial charge >= 0.3 is 0 Å². The summed E-state index contributed by atoms with van der Waals surface area (Å²) in [5, 5.41) is 9.06. The normalized spacial score (nSPS) is 21.7. The third kappa shape index (κ3) is 3.00. The van der Waals surface area contributed by atoms with E-state index in [1.807, 2.05) is 13.8 Å². The lowest BCUT2D eigenvalue weighted by atomic mass is 10.2. The number of aryl methyl sites for hydroxylation is 2. The number of nitrogens with zero attached hydrogens (tertiary/aromatic N) is 1. The lowest BCUT2D eigenvalue weighted by Gasteiger charge is -2.34. The molecule has 1 N–H and O–H groups in total. The van der Waals surface area contributed by atoms with Crippen molar-refractivity contribution in [2.24, 2.45) is 0 Å². The zero-order chi connectivity index (χ0) is 14.0.